The predicted octanol–water partition coefficient (Wildman–Crippen LogP) is 2.80. The summed E-state index contributed by atoms with van der Waals surface area (Å²) in [6.45, 7) is 2.08. The maximum absolute atomic E-state index is 12.2. The molecule has 0 fully saturated rings. The minimum atomic E-state index is -0.969. The molecule has 6 heteroatoms. The maximum Gasteiger partial charge on any atom is 0.137 e. The molecule has 1 atom stereocenters. The Bertz CT molecular complexity index is 715. The summed E-state index contributed by atoms with van der Waals surface area (Å²) >= 11 is 1.64. The van der Waals surface area contributed by atoms with E-state index in [9.17, 15) is 4.21 Å². The molecule has 0 unspecified atom stereocenters. The van der Waals surface area contributed by atoms with Crippen LogP contribution >= 0.6 is 11.3 Å². The first-order chi connectivity index (χ1) is 9.74. The summed E-state index contributed by atoms with van der Waals surface area (Å²) in [7, 11) is -0.969. The Kier molecular flexibility index (Phi) is 3.93. The smallest absolute Gasteiger partial charge is 0.137 e. The third-order valence-electron chi connectivity index (χ3n) is 2.93. The molecular weight excluding hydrogens is 290 g/mol. The lowest BCUT2D eigenvalue weighted by atomic mass is 10.5. The van der Waals surface area contributed by atoms with Gasteiger partial charge in [-0.2, -0.15) is 0 Å². The Morgan fingerprint density at radius 2 is 2.10 bits per heavy atom. The Morgan fingerprint density at radius 3 is 2.85 bits per heavy atom. The molecule has 0 radical (unpaired) electrons. The molecule has 3 heterocycles. The highest BCUT2D eigenvalue weighted by Crippen LogP contribution is 2.14. The number of hydrogen-bond donors (Lipinski definition) is 0. The van der Waals surface area contributed by atoms with Gasteiger partial charge in [-0.15, -0.1) is 11.3 Å². The number of fused-ring (bicyclic) bond motifs is 1. The summed E-state index contributed by atoms with van der Waals surface area (Å²) < 4.78 is 14.1. The first kappa shape index (κ1) is 13.5. The molecule has 0 amide bonds. The molecule has 0 saturated carbocycles. The number of aromatic nitrogens is 3. The van der Waals surface area contributed by atoms with E-state index in [1.165, 1.54) is 0 Å². The van der Waals surface area contributed by atoms with Gasteiger partial charge in [-0.05, 0) is 18.6 Å². The van der Waals surface area contributed by atoms with Crippen LogP contribution in [0.15, 0.2) is 36.0 Å². The lowest BCUT2D eigenvalue weighted by Crippen LogP contribution is -2.00. The number of hydrogen-bond acceptors (Lipinski definition) is 4. The molecule has 104 valence electrons. The normalized spacial score (nSPS) is 12.8. The summed E-state index contributed by atoms with van der Waals surface area (Å²) in [4.78, 5) is 8.92. The summed E-state index contributed by atoms with van der Waals surface area (Å²) in [5.41, 5.74) is 2.68. The van der Waals surface area contributed by atoms with Crippen molar-refractivity contribution in [3.63, 3.8) is 0 Å². The van der Waals surface area contributed by atoms with Crippen molar-refractivity contribution in [3.05, 3.63) is 52.4 Å². The monoisotopic (exact) mass is 305 g/mol. The highest BCUT2D eigenvalue weighted by atomic mass is 32.2. The third kappa shape index (κ3) is 2.96. The van der Waals surface area contributed by atoms with E-state index in [0.717, 1.165) is 28.5 Å². The molecule has 0 aliphatic heterocycles. The first-order valence-electron chi connectivity index (χ1n) is 6.45. The quantitative estimate of drug-likeness (QED) is 0.728. The van der Waals surface area contributed by atoms with Crippen LogP contribution in [-0.4, -0.2) is 18.6 Å². The molecule has 4 nitrogen and oxygen atoms in total. The van der Waals surface area contributed by atoms with Crippen molar-refractivity contribution >= 4 is 27.8 Å². The van der Waals surface area contributed by atoms with E-state index in [0.29, 0.717) is 11.5 Å². The minimum absolute atomic E-state index is 0.473. The van der Waals surface area contributed by atoms with Crippen LogP contribution in [0, 0.1) is 0 Å². The van der Waals surface area contributed by atoms with E-state index in [-0.39, 0.29) is 0 Å². The van der Waals surface area contributed by atoms with Gasteiger partial charge in [0.05, 0.1) is 27.9 Å². The van der Waals surface area contributed by atoms with Crippen molar-refractivity contribution in [2.75, 3.05) is 0 Å². The van der Waals surface area contributed by atoms with Gasteiger partial charge in [0.2, 0.25) is 0 Å². The third-order valence-corrected chi connectivity index (χ3v) is 5.21. The van der Waals surface area contributed by atoms with Gasteiger partial charge in [-0.3, -0.25) is 4.21 Å². The van der Waals surface area contributed by atoms with Gasteiger partial charge in [0.25, 0.3) is 0 Å². The van der Waals surface area contributed by atoms with Crippen molar-refractivity contribution in [3.8, 4) is 0 Å². The van der Waals surface area contributed by atoms with E-state index >= 15 is 0 Å². The second-order valence-corrected chi connectivity index (χ2v) is 6.91. The van der Waals surface area contributed by atoms with Crippen molar-refractivity contribution in [2.45, 2.75) is 24.9 Å². The molecule has 0 N–H and O–H groups in total. The zero-order chi connectivity index (χ0) is 13.9. The first-order valence-corrected chi connectivity index (χ1v) is 8.82. The van der Waals surface area contributed by atoms with Crippen molar-refractivity contribution in [1.82, 2.24) is 14.4 Å². The largest absolute Gasteiger partial charge is 0.307 e. The molecule has 0 bridgehead atoms. The molecule has 0 saturated heterocycles. The number of thiazole rings is 1. The highest BCUT2D eigenvalue weighted by molar-refractivity contribution is 7.83. The van der Waals surface area contributed by atoms with Gasteiger partial charge in [-0.25, -0.2) is 9.97 Å². The van der Waals surface area contributed by atoms with Crippen LogP contribution in [0.1, 0.15) is 23.3 Å². The number of imidazole rings is 1. The van der Waals surface area contributed by atoms with Gasteiger partial charge in [-0.1, -0.05) is 13.0 Å². The van der Waals surface area contributed by atoms with Gasteiger partial charge in [0.15, 0.2) is 0 Å². The average molecular weight is 305 g/mol. The Balaban J connectivity index is 1.69. The van der Waals surface area contributed by atoms with Crippen molar-refractivity contribution < 1.29 is 4.21 Å². The molecule has 0 spiro atoms. The molecule has 3 aromatic rings. The molecular formula is C14H15N3OS2. The topological polar surface area (TPSA) is 47.3 Å². The van der Waals surface area contributed by atoms with Crippen LogP contribution in [-0.2, 0) is 28.7 Å². The van der Waals surface area contributed by atoms with Gasteiger partial charge >= 0.3 is 0 Å². The average Bonchev–Trinajstić information content (AvgIpc) is 3.04. The van der Waals surface area contributed by atoms with E-state index in [1.54, 1.807) is 11.3 Å². The summed E-state index contributed by atoms with van der Waals surface area (Å²) in [5, 5.41) is 3.10. The van der Waals surface area contributed by atoms with Gasteiger partial charge in [0, 0.05) is 28.6 Å². The summed E-state index contributed by atoms with van der Waals surface area (Å²) in [6, 6.07) is 5.85. The number of pyridine rings is 1. The van der Waals surface area contributed by atoms with Crippen LogP contribution in [0.4, 0.5) is 0 Å². The fraction of sp³-hybridized carbons (Fsp3) is 0.286. The van der Waals surface area contributed by atoms with Crippen LogP contribution < -0.4 is 0 Å². The number of aryl methyl sites for hydroxylation is 1. The second-order valence-electron chi connectivity index (χ2n) is 4.51. The SMILES string of the molecule is CCc1nc(C[S@](=O)Cc2cn3ccccc3n2)cs1. The van der Waals surface area contributed by atoms with Crippen LogP contribution in [0.5, 0.6) is 0 Å². The Labute approximate surface area is 124 Å². The molecule has 0 aliphatic carbocycles. The van der Waals surface area contributed by atoms with E-state index in [1.807, 2.05) is 40.4 Å². The minimum Gasteiger partial charge on any atom is -0.307 e. The second kappa shape index (κ2) is 5.85. The van der Waals surface area contributed by atoms with E-state index < -0.39 is 10.8 Å². The fourth-order valence-corrected chi connectivity index (χ4v) is 3.91. The van der Waals surface area contributed by atoms with Crippen molar-refractivity contribution in [1.29, 1.82) is 0 Å². The molecule has 3 rings (SSSR count). The lowest BCUT2D eigenvalue weighted by molar-refractivity contribution is 0.681. The Hall–Kier alpha value is -1.53. The number of rotatable bonds is 5. The van der Waals surface area contributed by atoms with Gasteiger partial charge in [0.1, 0.15) is 5.65 Å². The van der Waals surface area contributed by atoms with E-state index in [2.05, 4.69) is 16.9 Å². The molecule has 0 aliphatic rings. The molecule has 3 aromatic heterocycles. The standard InChI is InChI=1S/C14H15N3OS2/c1-2-14-16-12(8-19-14)10-20(18)9-11-7-17-6-4-3-5-13(17)15-11/h3-8H,2,9-10H2,1H3/t20-/m1/s1. The summed E-state index contributed by atoms with van der Waals surface area (Å²) in [5.74, 6) is 0.977. The molecule has 0 aromatic carbocycles. The fourth-order valence-electron chi connectivity index (χ4n) is 2.02. The van der Waals surface area contributed by atoms with Crippen molar-refractivity contribution in [2.24, 2.45) is 0 Å². The predicted molar refractivity (Wildman–Crippen MR) is 82.2 cm³/mol. The zero-order valence-electron chi connectivity index (χ0n) is 11.2. The Morgan fingerprint density at radius 1 is 1.25 bits per heavy atom. The van der Waals surface area contributed by atoms with Crippen LogP contribution in [0.2, 0.25) is 0 Å². The lowest BCUT2D eigenvalue weighted by Gasteiger charge is -1.96. The van der Waals surface area contributed by atoms with Gasteiger partial charge < -0.3 is 4.40 Å². The maximum atomic E-state index is 12.2. The van der Waals surface area contributed by atoms with E-state index in [4.69, 9.17) is 0 Å². The summed E-state index contributed by atoms with van der Waals surface area (Å²) in [6.07, 6.45) is 4.82. The highest BCUT2D eigenvalue weighted by Gasteiger charge is 2.09. The van der Waals surface area contributed by atoms with Crippen LogP contribution in [0.25, 0.3) is 5.65 Å². The van der Waals surface area contributed by atoms with Crippen LogP contribution in [0.3, 0.4) is 0 Å². The zero-order valence-corrected chi connectivity index (χ0v) is 12.8. The number of nitrogens with zero attached hydrogens (tertiary/aromatic N) is 3. The molecule has 20 heavy (non-hydrogen) atoms.